The fourth-order valence-electron chi connectivity index (χ4n) is 3.16. The summed E-state index contributed by atoms with van der Waals surface area (Å²) in [4.78, 5) is 13.0. The molecule has 0 fully saturated rings. The van der Waals surface area contributed by atoms with Crippen LogP contribution in [0.15, 0.2) is 84.9 Å². The zero-order chi connectivity index (χ0) is 19.8. The van der Waals surface area contributed by atoms with Crippen LogP contribution in [0.4, 0.5) is 0 Å². The Hall–Kier alpha value is -2.62. The summed E-state index contributed by atoms with van der Waals surface area (Å²) in [7, 11) is 0. The van der Waals surface area contributed by atoms with Crippen LogP contribution in [0.2, 0.25) is 5.02 Å². The third kappa shape index (κ3) is 5.22. The van der Waals surface area contributed by atoms with Crippen LogP contribution in [-0.2, 0) is 20.9 Å². The lowest BCUT2D eigenvalue weighted by Gasteiger charge is -2.26. The summed E-state index contributed by atoms with van der Waals surface area (Å²) in [6.07, 6.45) is -0.734. The molecule has 3 aromatic carbocycles. The van der Waals surface area contributed by atoms with Crippen LogP contribution >= 0.6 is 11.6 Å². The summed E-state index contributed by atoms with van der Waals surface area (Å²) >= 11 is 5.92. The second-order valence-corrected chi connectivity index (χ2v) is 6.85. The molecule has 0 aliphatic carbocycles. The molecule has 0 spiro atoms. The van der Waals surface area contributed by atoms with Crippen LogP contribution in [0.3, 0.4) is 0 Å². The minimum Gasteiger partial charge on any atom is -0.459 e. The Labute approximate surface area is 170 Å². The van der Waals surface area contributed by atoms with Crippen molar-refractivity contribution in [2.45, 2.75) is 25.6 Å². The number of carbonyl (C=O) groups excluding carboxylic acids is 1. The highest BCUT2D eigenvalue weighted by atomic mass is 35.5. The van der Waals surface area contributed by atoms with Crippen LogP contribution in [0.25, 0.3) is 0 Å². The first-order valence-corrected chi connectivity index (χ1v) is 9.69. The molecule has 0 bridgehead atoms. The summed E-state index contributed by atoms with van der Waals surface area (Å²) in [5, 5.41) is 0.649. The second kappa shape index (κ2) is 10.1. The number of halogens is 1. The lowest BCUT2D eigenvalue weighted by molar-refractivity contribution is -0.159. The zero-order valence-corrected chi connectivity index (χ0v) is 16.5. The normalized spacial score (nSPS) is 12.0. The van der Waals surface area contributed by atoms with Crippen molar-refractivity contribution >= 4 is 17.6 Å². The van der Waals surface area contributed by atoms with E-state index in [0.29, 0.717) is 11.6 Å². The molecule has 0 N–H and O–H groups in total. The smallest absolute Gasteiger partial charge is 0.336 e. The van der Waals surface area contributed by atoms with Crippen molar-refractivity contribution < 1.29 is 14.3 Å². The molecule has 0 saturated heterocycles. The Morgan fingerprint density at radius 2 is 1.39 bits per heavy atom. The molecular formula is C24H23ClO3. The van der Waals surface area contributed by atoms with Crippen molar-refractivity contribution in [3.05, 3.63) is 107 Å². The first kappa shape index (κ1) is 20.1. The maximum atomic E-state index is 13.0. The lowest BCUT2D eigenvalue weighted by atomic mass is 9.86. The van der Waals surface area contributed by atoms with Gasteiger partial charge >= 0.3 is 5.97 Å². The quantitative estimate of drug-likeness (QED) is 0.465. The number of esters is 1. The van der Waals surface area contributed by atoms with E-state index in [1.165, 1.54) is 0 Å². The molecule has 144 valence electrons. The lowest BCUT2D eigenvalue weighted by Crippen LogP contribution is -2.33. The Morgan fingerprint density at radius 3 is 1.89 bits per heavy atom. The predicted octanol–water partition coefficient (Wildman–Crippen LogP) is 5.62. The van der Waals surface area contributed by atoms with Gasteiger partial charge in [0.15, 0.2) is 6.10 Å². The van der Waals surface area contributed by atoms with Gasteiger partial charge < -0.3 is 9.47 Å². The highest BCUT2D eigenvalue weighted by Gasteiger charge is 2.33. The SMILES string of the molecule is CCOC(C(=O)OCc1ccc(Cl)cc1)C(c1ccccc1)c1ccccc1. The molecule has 28 heavy (non-hydrogen) atoms. The van der Waals surface area contributed by atoms with E-state index in [9.17, 15) is 4.79 Å². The highest BCUT2D eigenvalue weighted by Crippen LogP contribution is 2.31. The third-order valence-electron chi connectivity index (χ3n) is 4.49. The van der Waals surface area contributed by atoms with E-state index < -0.39 is 6.10 Å². The monoisotopic (exact) mass is 394 g/mol. The zero-order valence-electron chi connectivity index (χ0n) is 15.8. The van der Waals surface area contributed by atoms with Crippen LogP contribution in [-0.4, -0.2) is 18.7 Å². The van der Waals surface area contributed by atoms with E-state index >= 15 is 0 Å². The molecule has 3 nitrogen and oxygen atoms in total. The Bertz CT molecular complexity index is 824. The average Bonchev–Trinajstić information content (AvgIpc) is 2.74. The van der Waals surface area contributed by atoms with Crippen molar-refractivity contribution in [1.82, 2.24) is 0 Å². The number of ether oxygens (including phenoxy) is 2. The molecule has 1 atom stereocenters. The average molecular weight is 395 g/mol. The molecule has 3 aromatic rings. The topological polar surface area (TPSA) is 35.5 Å². The summed E-state index contributed by atoms with van der Waals surface area (Å²) in [6, 6.07) is 27.1. The van der Waals surface area contributed by atoms with Crippen LogP contribution in [0.5, 0.6) is 0 Å². The van der Waals surface area contributed by atoms with Crippen molar-refractivity contribution in [1.29, 1.82) is 0 Å². The van der Waals surface area contributed by atoms with E-state index in [0.717, 1.165) is 16.7 Å². The van der Waals surface area contributed by atoms with Gasteiger partial charge in [-0.25, -0.2) is 4.79 Å². The fraction of sp³-hybridized carbons (Fsp3) is 0.208. The molecule has 0 aliphatic heterocycles. The van der Waals surface area contributed by atoms with Gasteiger partial charge in [-0.15, -0.1) is 0 Å². The summed E-state index contributed by atoms with van der Waals surface area (Å²) < 4.78 is 11.5. The molecule has 0 heterocycles. The first-order valence-electron chi connectivity index (χ1n) is 9.31. The van der Waals surface area contributed by atoms with Gasteiger partial charge in [-0.1, -0.05) is 84.4 Å². The van der Waals surface area contributed by atoms with Gasteiger partial charge in [0, 0.05) is 17.5 Å². The number of hydrogen-bond acceptors (Lipinski definition) is 3. The minimum atomic E-state index is -0.734. The van der Waals surface area contributed by atoms with Crippen LogP contribution in [0, 0.1) is 0 Å². The molecule has 1 unspecified atom stereocenters. The van der Waals surface area contributed by atoms with Gasteiger partial charge in [0.05, 0.1) is 0 Å². The van der Waals surface area contributed by atoms with E-state index in [2.05, 4.69) is 0 Å². The van der Waals surface area contributed by atoms with Crippen LogP contribution in [0.1, 0.15) is 29.5 Å². The van der Waals surface area contributed by atoms with Gasteiger partial charge in [-0.05, 0) is 35.7 Å². The second-order valence-electron chi connectivity index (χ2n) is 6.41. The maximum absolute atomic E-state index is 13.0. The summed E-state index contributed by atoms with van der Waals surface area (Å²) in [5.41, 5.74) is 2.90. The van der Waals surface area contributed by atoms with Crippen molar-refractivity contribution in [3.8, 4) is 0 Å². The van der Waals surface area contributed by atoms with Gasteiger partial charge in [0.1, 0.15) is 6.61 Å². The van der Waals surface area contributed by atoms with Gasteiger partial charge in [-0.2, -0.15) is 0 Å². The molecule has 0 saturated carbocycles. The van der Waals surface area contributed by atoms with E-state index in [1.54, 1.807) is 12.1 Å². The fourth-order valence-corrected chi connectivity index (χ4v) is 3.29. The third-order valence-corrected chi connectivity index (χ3v) is 4.74. The minimum absolute atomic E-state index is 0.176. The Morgan fingerprint density at radius 1 is 0.857 bits per heavy atom. The molecule has 0 aliphatic rings. The molecule has 0 aromatic heterocycles. The van der Waals surface area contributed by atoms with E-state index in [4.69, 9.17) is 21.1 Å². The number of benzene rings is 3. The van der Waals surface area contributed by atoms with Gasteiger partial charge in [0.2, 0.25) is 0 Å². The molecule has 3 rings (SSSR count). The predicted molar refractivity (Wildman–Crippen MR) is 111 cm³/mol. The number of carbonyl (C=O) groups is 1. The molecule has 0 amide bonds. The number of hydrogen-bond donors (Lipinski definition) is 0. The highest BCUT2D eigenvalue weighted by molar-refractivity contribution is 6.30. The standard InChI is InChI=1S/C24H23ClO3/c1-2-27-23(24(26)28-17-18-13-15-21(25)16-14-18)22(19-9-5-3-6-10-19)20-11-7-4-8-12-20/h3-16,22-23H,2,17H2,1H3. The van der Waals surface area contributed by atoms with E-state index in [-0.39, 0.29) is 18.5 Å². The molecular weight excluding hydrogens is 372 g/mol. The Kier molecular flexibility index (Phi) is 7.24. The first-order chi connectivity index (χ1) is 13.7. The Balaban J connectivity index is 1.85. The summed E-state index contributed by atoms with van der Waals surface area (Å²) in [6.45, 7) is 2.47. The maximum Gasteiger partial charge on any atom is 0.336 e. The largest absolute Gasteiger partial charge is 0.459 e. The van der Waals surface area contributed by atoms with Crippen LogP contribution < -0.4 is 0 Å². The van der Waals surface area contributed by atoms with Crippen molar-refractivity contribution in [2.24, 2.45) is 0 Å². The van der Waals surface area contributed by atoms with E-state index in [1.807, 2.05) is 79.7 Å². The van der Waals surface area contributed by atoms with Crippen molar-refractivity contribution in [3.63, 3.8) is 0 Å². The molecule has 0 radical (unpaired) electrons. The van der Waals surface area contributed by atoms with Crippen molar-refractivity contribution in [2.75, 3.05) is 6.61 Å². The number of rotatable bonds is 8. The summed E-state index contributed by atoms with van der Waals surface area (Å²) in [5.74, 6) is -0.630. The van der Waals surface area contributed by atoms with Gasteiger partial charge in [0.25, 0.3) is 0 Å². The van der Waals surface area contributed by atoms with Gasteiger partial charge in [-0.3, -0.25) is 0 Å². The molecule has 4 heteroatoms.